The molecule has 1 aromatic heterocycles. The summed E-state index contributed by atoms with van der Waals surface area (Å²) in [6.45, 7) is 4.56. The first-order chi connectivity index (χ1) is 8.45. The predicted molar refractivity (Wildman–Crippen MR) is 73.9 cm³/mol. The molecule has 1 aliphatic rings. The molecular formula is C12H20N2O2S2. The number of rotatable bonds is 4. The quantitative estimate of drug-likeness (QED) is 0.889. The zero-order valence-corrected chi connectivity index (χ0v) is 12.4. The van der Waals surface area contributed by atoms with E-state index in [1.807, 2.05) is 0 Å². The highest BCUT2D eigenvalue weighted by atomic mass is 32.2. The average Bonchev–Trinajstić information content (AvgIpc) is 2.91. The van der Waals surface area contributed by atoms with Crippen LogP contribution in [-0.2, 0) is 16.6 Å². The van der Waals surface area contributed by atoms with E-state index in [2.05, 4.69) is 18.6 Å². The molecule has 0 spiro atoms. The fraction of sp³-hybridized carbons (Fsp3) is 0.667. The van der Waals surface area contributed by atoms with Crippen molar-refractivity contribution in [3.8, 4) is 0 Å². The maximum atomic E-state index is 12.3. The molecular weight excluding hydrogens is 268 g/mol. The Balaban J connectivity index is 2.18. The van der Waals surface area contributed by atoms with Gasteiger partial charge in [0.15, 0.2) is 0 Å². The summed E-state index contributed by atoms with van der Waals surface area (Å²) in [6, 6.07) is 1.69. The first-order valence-corrected chi connectivity index (χ1v) is 8.60. The summed E-state index contributed by atoms with van der Waals surface area (Å²) in [7, 11) is -3.42. The van der Waals surface area contributed by atoms with Crippen molar-refractivity contribution in [2.75, 3.05) is 0 Å². The molecule has 0 radical (unpaired) electrons. The maximum Gasteiger partial charge on any atom is 0.241 e. The van der Waals surface area contributed by atoms with Gasteiger partial charge in [-0.05, 0) is 36.1 Å². The van der Waals surface area contributed by atoms with Crippen LogP contribution in [0.15, 0.2) is 16.3 Å². The molecule has 1 saturated carbocycles. The van der Waals surface area contributed by atoms with Crippen molar-refractivity contribution in [3.63, 3.8) is 0 Å². The van der Waals surface area contributed by atoms with E-state index >= 15 is 0 Å². The summed E-state index contributed by atoms with van der Waals surface area (Å²) in [4.78, 5) is 1.07. The minimum Gasteiger partial charge on any atom is -0.326 e. The third-order valence-electron chi connectivity index (χ3n) is 3.95. The van der Waals surface area contributed by atoms with Crippen LogP contribution in [0.4, 0.5) is 0 Å². The maximum absolute atomic E-state index is 12.3. The second kappa shape index (κ2) is 5.28. The van der Waals surface area contributed by atoms with E-state index in [9.17, 15) is 8.42 Å². The van der Waals surface area contributed by atoms with E-state index in [4.69, 9.17) is 5.73 Å². The van der Waals surface area contributed by atoms with Crippen molar-refractivity contribution in [2.24, 2.45) is 17.6 Å². The first-order valence-electron chi connectivity index (χ1n) is 6.24. The van der Waals surface area contributed by atoms with Crippen LogP contribution in [0.5, 0.6) is 0 Å². The van der Waals surface area contributed by atoms with Gasteiger partial charge in [0.2, 0.25) is 10.0 Å². The zero-order valence-electron chi connectivity index (χ0n) is 10.7. The normalized spacial score (nSPS) is 28.7. The highest BCUT2D eigenvalue weighted by Gasteiger charge is 2.33. The largest absolute Gasteiger partial charge is 0.326 e. The summed E-state index contributed by atoms with van der Waals surface area (Å²) < 4.78 is 27.5. The third kappa shape index (κ3) is 2.61. The van der Waals surface area contributed by atoms with Gasteiger partial charge >= 0.3 is 0 Å². The lowest BCUT2D eigenvalue weighted by Gasteiger charge is -2.19. The topological polar surface area (TPSA) is 72.2 Å². The molecule has 4 nitrogen and oxygen atoms in total. The van der Waals surface area contributed by atoms with Gasteiger partial charge < -0.3 is 5.73 Å². The molecule has 2 rings (SSSR count). The van der Waals surface area contributed by atoms with Crippen LogP contribution in [0.3, 0.4) is 0 Å². The van der Waals surface area contributed by atoms with E-state index in [0.29, 0.717) is 16.7 Å². The summed E-state index contributed by atoms with van der Waals surface area (Å²) in [5.41, 5.74) is 5.57. The Labute approximate surface area is 113 Å². The van der Waals surface area contributed by atoms with Gasteiger partial charge in [-0.25, -0.2) is 13.1 Å². The molecule has 0 saturated heterocycles. The summed E-state index contributed by atoms with van der Waals surface area (Å²) >= 11 is 1.39. The third-order valence-corrected chi connectivity index (χ3v) is 6.60. The van der Waals surface area contributed by atoms with E-state index in [1.54, 1.807) is 11.4 Å². The van der Waals surface area contributed by atoms with Crippen LogP contribution >= 0.6 is 11.3 Å². The molecule has 1 fully saturated rings. The van der Waals surface area contributed by atoms with Gasteiger partial charge in [-0.1, -0.05) is 13.8 Å². The van der Waals surface area contributed by atoms with Crippen molar-refractivity contribution in [1.29, 1.82) is 0 Å². The fourth-order valence-corrected chi connectivity index (χ4v) is 5.21. The van der Waals surface area contributed by atoms with E-state index in [1.165, 1.54) is 11.3 Å². The van der Waals surface area contributed by atoms with Crippen LogP contribution in [0, 0.1) is 11.8 Å². The molecule has 3 N–H and O–H groups in total. The number of nitrogens with two attached hydrogens (primary N) is 1. The molecule has 18 heavy (non-hydrogen) atoms. The van der Waals surface area contributed by atoms with E-state index < -0.39 is 10.0 Å². The summed E-state index contributed by atoms with van der Waals surface area (Å²) in [5.74, 6) is 0.967. The van der Waals surface area contributed by atoms with Gasteiger partial charge in [0, 0.05) is 17.5 Å². The molecule has 3 unspecified atom stereocenters. The Bertz CT molecular complexity index is 510. The van der Waals surface area contributed by atoms with Gasteiger partial charge in [0.05, 0.1) is 4.90 Å². The van der Waals surface area contributed by atoms with Crippen LogP contribution in [0.1, 0.15) is 31.6 Å². The smallest absolute Gasteiger partial charge is 0.241 e. The predicted octanol–water partition coefficient (Wildman–Crippen LogP) is 1.92. The Morgan fingerprint density at radius 3 is 2.72 bits per heavy atom. The number of hydrogen-bond acceptors (Lipinski definition) is 4. The van der Waals surface area contributed by atoms with Gasteiger partial charge in [-0.3, -0.25) is 0 Å². The fourth-order valence-electron chi connectivity index (χ4n) is 2.51. The number of sulfonamides is 1. The second-order valence-electron chi connectivity index (χ2n) is 5.05. The Kier molecular flexibility index (Phi) is 4.11. The molecule has 1 aliphatic carbocycles. The van der Waals surface area contributed by atoms with E-state index in [0.717, 1.165) is 17.7 Å². The molecule has 0 aliphatic heterocycles. The zero-order chi connectivity index (χ0) is 13.3. The van der Waals surface area contributed by atoms with Crippen molar-refractivity contribution in [2.45, 2.75) is 44.2 Å². The molecule has 0 amide bonds. The Morgan fingerprint density at radius 2 is 2.17 bits per heavy atom. The second-order valence-corrected chi connectivity index (χ2v) is 7.74. The lowest BCUT2D eigenvalue weighted by atomic mass is 9.98. The SMILES string of the molecule is CC1CCC(NS(=O)(=O)c2ccsc2CN)C1C. The molecule has 102 valence electrons. The van der Waals surface area contributed by atoms with Gasteiger partial charge in [0.1, 0.15) is 0 Å². The number of nitrogens with one attached hydrogen (secondary N) is 1. The van der Waals surface area contributed by atoms with Gasteiger partial charge in [-0.2, -0.15) is 0 Å². The minimum absolute atomic E-state index is 0.0514. The van der Waals surface area contributed by atoms with Crippen molar-refractivity contribution < 1.29 is 8.42 Å². The summed E-state index contributed by atoms with van der Waals surface area (Å²) in [6.07, 6.45) is 2.01. The molecule has 0 bridgehead atoms. The standard InChI is InChI=1S/C12H20N2O2S2/c1-8-3-4-10(9(8)2)14-18(15,16)12-5-6-17-11(12)7-13/h5-6,8-10,14H,3-4,7,13H2,1-2H3. The number of hydrogen-bond donors (Lipinski definition) is 2. The van der Waals surface area contributed by atoms with Crippen molar-refractivity contribution >= 4 is 21.4 Å². The van der Waals surface area contributed by atoms with Crippen LogP contribution in [0.2, 0.25) is 0 Å². The molecule has 0 aromatic carbocycles. The number of thiophene rings is 1. The van der Waals surface area contributed by atoms with Crippen LogP contribution < -0.4 is 10.5 Å². The first kappa shape index (κ1) is 14.0. The van der Waals surface area contributed by atoms with Crippen LogP contribution in [-0.4, -0.2) is 14.5 Å². The lowest BCUT2D eigenvalue weighted by Crippen LogP contribution is -2.37. The van der Waals surface area contributed by atoms with Gasteiger partial charge in [0.25, 0.3) is 0 Å². The van der Waals surface area contributed by atoms with Gasteiger partial charge in [-0.15, -0.1) is 11.3 Å². The Hall–Kier alpha value is -0.430. The lowest BCUT2D eigenvalue weighted by molar-refractivity contribution is 0.402. The van der Waals surface area contributed by atoms with Crippen molar-refractivity contribution in [1.82, 2.24) is 4.72 Å². The Morgan fingerprint density at radius 1 is 1.44 bits per heavy atom. The highest BCUT2D eigenvalue weighted by Crippen LogP contribution is 2.32. The monoisotopic (exact) mass is 288 g/mol. The van der Waals surface area contributed by atoms with Crippen LogP contribution in [0.25, 0.3) is 0 Å². The molecule has 6 heteroatoms. The molecule has 3 atom stereocenters. The summed E-state index contributed by atoms with van der Waals surface area (Å²) in [5, 5.41) is 1.78. The molecule has 1 aromatic rings. The molecule has 1 heterocycles. The minimum atomic E-state index is -3.42. The average molecular weight is 288 g/mol. The van der Waals surface area contributed by atoms with Crippen molar-refractivity contribution in [3.05, 3.63) is 16.3 Å². The highest BCUT2D eigenvalue weighted by molar-refractivity contribution is 7.89. The van der Waals surface area contributed by atoms with E-state index in [-0.39, 0.29) is 12.6 Å².